The van der Waals surface area contributed by atoms with Crippen molar-refractivity contribution in [2.75, 3.05) is 25.1 Å². The van der Waals surface area contributed by atoms with Crippen LogP contribution in [0.15, 0.2) is 70.2 Å². The molecule has 1 amide bonds. The third-order valence-electron chi connectivity index (χ3n) is 5.74. The van der Waals surface area contributed by atoms with Gasteiger partial charge in [-0.1, -0.05) is 12.1 Å². The smallest absolute Gasteiger partial charge is 0.271 e. The predicted molar refractivity (Wildman–Crippen MR) is 141 cm³/mol. The van der Waals surface area contributed by atoms with Crippen LogP contribution in [-0.4, -0.2) is 37.2 Å². The minimum atomic E-state index is -0.448. The van der Waals surface area contributed by atoms with E-state index in [1.54, 1.807) is 36.4 Å². The van der Waals surface area contributed by atoms with Crippen molar-refractivity contribution in [1.29, 1.82) is 0 Å². The summed E-state index contributed by atoms with van der Waals surface area (Å²) in [4.78, 5) is 25.3. The molecule has 1 heterocycles. The van der Waals surface area contributed by atoms with Crippen molar-refractivity contribution in [2.45, 2.75) is 19.4 Å². The monoisotopic (exact) mass is 552 g/mol. The molecule has 1 aliphatic heterocycles. The van der Waals surface area contributed by atoms with Crippen LogP contribution >= 0.6 is 15.9 Å². The molecule has 1 fully saturated rings. The third kappa shape index (κ3) is 6.19. The maximum absolute atomic E-state index is 12.5. The summed E-state index contributed by atoms with van der Waals surface area (Å²) in [7, 11) is 1.51. The van der Waals surface area contributed by atoms with E-state index in [9.17, 15) is 14.9 Å². The van der Waals surface area contributed by atoms with Crippen LogP contribution in [0, 0.1) is 10.1 Å². The highest BCUT2D eigenvalue weighted by Crippen LogP contribution is 2.37. The van der Waals surface area contributed by atoms with Gasteiger partial charge in [0, 0.05) is 36.5 Å². The lowest BCUT2D eigenvalue weighted by molar-refractivity contribution is -0.384. The Kier molecular flexibility index (Phi) is 8.17. The lowest BCUT2D eigenvalue weighted by Gasteiger charge is -2.17. The highest BCUT2D eigenvalue weighted by Gasteiger charge is 2.14. The molecule has 0 saturated carbocycles. The van der Waals surface area contributed by atoms with Crippen LogP contribution in [0.2, 0.25) is 0 Å². The summed E-state index contributed by atoms with van der Waals surface area (Å²) in [5.74, 6) is 0.588. The van der Waals surface area contributed by atoms with Gasteiger partial charge in [0.1, 0.15) is 6.61 Å². The van der Waals surface area contributed by atoms with Crippen molar-refractivity contribution in [2.24, 2.45) is 5.10 Å². The van der Waals surface area contributed by atoms with E-state index in [4.69, 9.17) is 9.47 Å². The number of hydrogen-bond donors (Lipinski definition) is 1. The van der Waals surface area contributed by atoms with E-state index < -0.39 is 4.92 Å². The summed E-state index contributed by atoms with van der Waals surface area (Å²) in [6.45, 7) is 2.22. The molecule has 1 N–H and O–H groups in total. The number of carbonyl (C=O) groups excluding carboxylic acids is 1. The fraction of sp³-hybridized carbons (Fsp3) is 0.231. The van der Waals surface area contributed by atoms with Gasteiger partial charge in [0.25, 0.3) is 11.6 Å². The van der Waals surface area contributed by atoms with Gasteiger partial charge < -0.3 is 14.4 Å². The number of nitro groups is 1. The molecule has 4 rings (SSSR count). The fourth-order valence-electron chi connectivity index (χ4n) is 3.90. The van der Waals surface area contributed by atoms with E-state index in [1.807, 2.05) is 12.1 Å². The number of rotatable bonds is 9. The van der Waals surface area contributed by atoms with E-state index in [-0.39, 0.29) is 18.2 Å². The number of anilines is 1. The lowest BCUT2D eigenvalue weighted by atomic mass is 10.2. The van der Waals surface area contributed by atoms with Crippen LogP contribution < -0.4 is 19.8 Å². The minimum Gasteiger partial charge on any atom is -0.493 e. The predicted octanol–water partition coefficient (Wildman–Crippen LogP) is 5.31. The van der Waals surface area contributed by atoms with Gasteiger partial charge in [-0.3, -0.25) is 14.9 Å². The first-order valence-electron chi connectivity index (χ1n) is 11.4. The number of nitrogens with zero attached hydrogens (tertiary/aromatic N) is 3. The first-order valence-corrected chi connectivity index (χ1v) is 12.2. The number of hydrazone groups is 1. The number of ether oxygens (including phenoxy) is 2. The van der Waals surface area contributed by atoms with Gasteiger partial charge >= 0.3 is 0 Å². The summed E-state index contributed by atoms with van der Waals surface area (Å²) in [6.07, 6.45) is 3.90. The summed E-state index contributed by atoms with van der Waals surface area (Å²) in [5, 5.41) is 15.1. The number of carbonyl (C=O) groups is 1. The molecule has 3 aromatic rings. The van der Waals surface area contributed by atoms with Gasteiger partial charge in [-0.15, -0.1) is 0 Å². The van der Waals surface area contributed by atoms with Gasteiger partial charge in [0.15, 0.2) is 11.5 Å². The first-order chi connectivity index (χ1) is 17.4. The van der Waals surface area contributed by atoms with Crippen LogP contribution in [0.1, 0.15) is 34.3 Å². The molecule has 0 atom stereocenters. The molecule has 10 heteroatoms. The lowest BCUT2D eigenvalue weighted by Crippen LogP contribution is -2.19. The second-order valence-electron chi connectivity index (χ2n) is 8.19. The summed E-state index contributed by atoms with van der Waals surface area (Å²) in [5.41, 5.74) is 5.52. The molecule has 3 aromatic carbocycles. The average Bonchev–Trinajstić information content (AvgIpc) is 3.43. The van der Waals surface area contributed by atoms with Crippen LogP contribution in [0.25, 0.3) is 0 Å². The number of nitro benzene ring substituents is 1. The Bertz CT molecular complexity index is 1270. The number of methoxy groups -OCH3 is 1. The minimum absolute atomic E-state index is 0.00160. The number of halogens is 1. The summed E-state index contributed by atoms with van der Waals surface area (Å²) >= 11 is 3.48. The maximum atomic E-state index is 12.5. The quantitative estimate of drug-likeness (QED) is 0.219. The van der Waals surface area contributed by atoms with E-state index >= 15 is 0 Å². The zero-order valence-corrected chi connectivity index (χ0v) is 21.2. The maximum Gasteiger partial charge on any atom is 0.271 e. The number of benzene rings is 3. The number of nitrogens with one attached hydrogen (secondary N) is 1. The van der Waals surface area contributed by atoms with Gasteiger partial charge in [-0.25, -0.2) is 5.43 Å². The summed E-state index contributed by atoms with van der Waals surface area (Å²) in [6, 6.07) is 17.2. The SMILES string of the molecule is COc1cc(/C=N\NC(=O)c2ccc(N3CCCC3)cc2)cc(Br)c1OCc1cccc([N+](=O)[O-])c1. The van der Waals surface area contributed by atoms with Gasteiger partial charge in [0.05, 0.1) is 22.7 Å². The molecule has 36 heavy (non-hydrogen) atoms. The Morgan fingerprint density at radius 1 is 1.17 bits per heavy atom. The Labute approximate surface area is 217 Å². The van der Waals surface area contributed by atoms with Gasteiger partial charge in [-0.05, 0) is 76.3 Å². The van der Waals surface area contributed by atoms with E-state index in [2.05, 4.69) is 31.4 Å². The number of non-ortho nitro benzene ring substituents is 1. The zero-order chi connectivity index (χ0) is 25.5. The Hall–Kier alpha value is -3.92. The topological polar surface area (TPSA) is 106 Å². The van der Waals surface area contributed by atoms with Crippen LogP contribution in [0.3, 0.4) is 0 Å². The summed E-state index contributed by atoms with van der Waals surface area (Å²) < 4.78 is 11.9. The van der Waals surface area contributed by atoms with Crippen molar-refractivity contribution in [3.05, 3.63) is 91.9 Å². The highest BCUT2D eigenvalue weighted by atomic mass is 79.9. The Morgan fingerprint density at radius 2 is 1.92 bits per heavy atom. The molecule has 0 aromatic heterocycles. The van der Waals surface area contributed by atoms with Crippen molar-refractivity contribution in [3.8, 4) is 11.5 Å². The van der Waals surface area contributed by atoms with Gasteiger partial charge in [0.2, 0.25) is 0 Å². The molecule has 0 unspecified atom stereocenters. The van der Waals surface area contributed by atoms with Crippen molar-refractivity contribution >= 4 is 39.4 Å². The molecular formula is C26H25BrN4O5. The second kappa shape index (κ2) is 11.7. The molecule has 0 aliphatic carbocycles. The first kappa shape index (κ1) is 25.2. The Morgan fingerprint density at radius 3 is 2.61 bits per heavy atom. The number of amides is 1. The second-order valence-corrected chi connectivity index (χ2v) is 9.04. The number of hydrogen-bond acceptors (Lipinski definition) is 7. The molecule has 0 spiro atoms. The Balaban J connectivity index is 1.38. The van der Waals surface area contributed by atoms with E-state index in [1.165, 1.54) is 38.3 Å². The van der Waals surface area contributed by atoms with E-state index in [0.29, 0.717) is 32.7 Å². The molecule has 1 aliphatic rings. The van der Waals surface area contributed by atoms with Crippen LogP contribution in [-0.2, 0) is 6.61 Å². The average molecular weight is 553 g/mol. The fourth-order valence-corrected chi connectivity index (χ4v) is 4.47. The van der Waals surface area contributed by atoms with Crippen molar-refractivity contribution in [1.82, 2.24) is 5.43 Å². The molecule has 186 valence electrons. The van der Waals surface area contributed by atoms with Crippen LogP contribution in [0.4, 0.5) is 11.4 Å². The molecule has 9 nitrogen and oxygen atoms in total. The molecule has 0 bridgehead atoms. The van der Waals surface area contributed by atoms with E-state index in [0.717, 1.165) is 18.8 Å². The zero-order valence-electron chi connectivity index (χ0n) is 19.6. The normalized spacial score (nSPS) is 13.1. The van der Waals surface area contributed by atoms with Crippen LogP contribution in [0.5, 0.6) is 11.5 Å². The molecular weight excluding hydrogens is 528 g/mol. The molecule has 1 saturated heterocycles. The largest absolute Gasteiger partial charge is 0.493 e. The van der Waals surface area contributed by atoms with Crippen molar-refractivity contribution in [3.63, 3.8) is 0 Å². The van der Waals surface area contributed by atoms with Crippen molar-refractivity contribution < 1.29 is 19.2 Å². The molecule has 0 radical (unpaired) electrons. The van der Waals surface area contributed by atoms with Gasteiger partial charge in [-0.2, -0.15) is 5.10 Å². The standard InChI is InChI=1S/C26H25BrN4O5/c1-35-24-15-19(14-23(27)25(24)36-17-18-5-4-6-22(13-18)31(33)34)16-28-29-26(32)20-7-9-21(10-8-20)30-11-2-3-12-30/h4-10,13-16H,2-3,11-12,17H2,1H3,(H,29,32)/b28-16-. The highest BCUT2D eigenvalue weighted by molar-refractivity contribution is 9.10. The third-order valence-corrected chi connectivity index (χ3v) is 6.33.